The molecular weight excluding hydrogens is 344 g/mol. The van der Waals surface area contributed by atoms with Crippen LogP contribution in [0.2, 0.25) is 0 Å². The van der Waals surface area contributed by atoms with Crippen LogP contribution >= 0.6 is 0 Å². The second-order valence-electron chi connectivity index (χ2n) is 6.58. The largest absolute Gasteiger partial charge is 0.497 e. The Labute approximate surface area is 159 Å². The zero-order valence-corrected chi connectivity index (χ0v) is 15.9. The van der Waals surface area contributed by atoms with Crippen LogP contribution in [0.25, 0.3) is 0 Å². The number of rotatable bonds is 7. The van der Waals surface area contributed by atoms with Gasteiger partial charge in [0, 0.05) is 37.9 Å². The highest BCUT2D eigenvalue weighted by molar-refractivity contribution is 5.76. The van der Waals surface area contributed by atoms with Crippen molar-refractivity contribution in [3.63, 3.8) is 0 Å². The standard InChI is InChI=1S/C20H26N4O3/c1-26-17-7-8-18(27-2)15(13-17)6-9-19(25)23-16-5-3-12-24(14-16)20-21-10-4-11-22-20/h4,7-8,10-11,13,16H,3,5-6,9,12,14H2,1-2H3,(H,23,25). The summed E-state index contributed by atoms with van der Waals surface area (Å²) >= 11 is 0. The van der Waals surface area contributed by atoms with E-state index in [-0.39, 0.29) is 11.9 Å². The average molecular weight is 370 g/mol. The van der Waals surface area contributed by atoms with E-state index in [4.69, 9.17) is 9.47 Å². The fourth-order valence-electron chi connectivity index (χ4n) is 3.36. The van der Waals surface area contributed by atoms with Crippen LogP contribution in [-0.2, 0) is 11.2 Å². The highest BCUT2D eigenvalue weighted by Crippen LogP contribution is 2.25. The second kappa shape index (κ2) is 9.21. The number of ether oxygens (including phenoxy) is 2. The Morgan fingerprint density at radius 2 is 2.07 bits per heavy atom. The molecule has 7 nitrogen and oxygen atoms in total. The maximum Gasteiger partial charge on any atom is 0.225 e. The van der Waals surface area contributed by atoms with Crippen molar-refractivity contribution in [2.45, 2.75) is 31.7 Å². The Morgan fingerprint density at radius 3 is 2.81 bits per heavy atom. The summed E-state index contributed by atoms with van der Waals surface area (Å²) in [5.41, 5.74) is 0.968. The van der Waals surface area contributed by atoms with Crippen molar-refractivity contribution in [1.29, 1.82) is 0 Å². The van der Waals surface area contributed by atoms with Crippen LogP contribution in [0.15, 0.2) is 36.7 Å². The van der Waals surface area contributed by atoms with Crippen LogP contribution in [0.3, 0.4) is 0 Å². The molecule has 1 aliphatic heterocycles. The van der Waals surface area contributed by atoms with Crippen molar-refractivity contribution >= 4 is 11.9 Å². The van der Waals surface area contributed by atoms with Gasteiger partial charge in [0.1, 0.15) is 11.5 Å². The van der Waals surface area contributed by atoms with Gasteiger partial charge in [0.2, 0.25) is 11.9 Å². The molecule has 7 heteroatoms. The van der Waals surface area contributed by atoms with Crippen molar-refractivity contribution < 1.29 is 14.3 Å². The lowest BCUT2D eigenvalue weighted by molar-refractivity contribution is -0.121. The Hall–Kier alpha value is -2.83. The first-order valence-corrected chi connectivity index (χ1v) is 9.22. The van der Waals surface area contributed by atoms with Gasteiger partial charge in [0.05, 0.1) is 14.2 Å². The van der Waals surface area contributed by atoms with Gasteiger partial charge >= 0.3 is 0 Å². The topological polar surface area (TPSA) is 76.6 Å². The summed E-state index contributed by atoms with van der Waals surface area (Å²) < 4.78 is 10.6. The molecule has 0 radical (unpaired) electrons. The third-order valence-corrected chi connectivity index (χ3v) is 4.73. The maximum absolute atomic E-state index is 12.4. The number of methoxy groups -OCH3 is 2. The lowest BCUT2D eigenvalue weighted by Crippen LogP contribution is -2.48. The minimum absolute atomic E-state index is 0.0423. The third kappa shape index (κ3) is 5.09. The zero-order valence-electron chi connectivity index (χ0n) is 15.9. The fourth-order valence-corrected chi connectivity index (χ4v) is 3.36. The van der Waals surface area contributed by atoms with E-state index in [2.05, 4.69) is 20.2 Å². The molecule has 0 bridgehead atoms. The van der Waals surface area contributed by atoms with Crippen molar-refractivity contribution in [1.82, 2.24) is 15.3 Å². The SMILES string of the molecule is COc1ccc(OC)c(CCC(=O)NC2CCCN(c3ncccn3)C2)c1. The predicted molar refractivity (Wildman–Crippen MR) is 103 cm³/mol. The number of hydrogen-bond donors (Lipinski definition) is 1. The van der Waals surface area contributed by atoms with Gasteiger partial charge in [-0.25, -0.2) is 9.97 Å². The van der Waals surface area contributed by atoms with E-state index >= 15 is 0 Å². The molecule has 1 unspecified atom stereocenters. The van der Waals surface area contributed by atoms with Gasteiger partial charge in [-0.3, -0.25) is 4.79 Å². The summed E-state index contributed by atoms with van der Waals surface area (Å²) in [7, 11) is 3.26. The number of aryl methyl sites for hydroxylation is 1. The molecule has 1 aliphatic rings. The summed E-state index contributed by atoms with van der Waals surface area (Å²) in [5.74, 6) is 2.30. The number of benzene rings is 1. The van der Waals surface area contributed by atoms with Crippen LogP contribution in [-0.4, -0.2) is 49.2 Å². The fraction of sp³-hybridized carbons (Fsp3) is 0.450. The normalized spacial score (nSPS) is 16.7. The molecule has 1 aromatic heterocycles. The van der Waals surface area contributed by atoms with Gasteiger partial charge in [-0.1, -0.05) is 0 Å². The van der Waals surface area contributed by atoms with E-state index in [9.17, 15) is 4.79 Å². The van der Waals surface area contributed by atoms with Gasteiger partial charge in [-0.05, 0) is 49.1 Å². The molecule has 0 saturated carbocycles. The molecule has 1 amide bonds. The molecule has 0 spiro atoms. The number of carbonyl (C=O) groups excluding carboxylic acids is 1. The number of nitrogens with one attached hydrogen (secondary N) is 1. The first-order chi connectivity index (χ1) is 13.2. The number of aromatic nitrogens is 2. The van der Waals surface area contributed by atoms with Crippen molar-refractivity contribution in [2.24, 2.45) is 0 Å². The summed E-state index contributed by atoms with van der Waals surface area (Å²) in [6, 6.07) is 7.55. The van der Waals surface area contributed by atoms with Gasteiger partial charge in [0.15, 0.2) is 0 Å². The highest BCUT2D eigenvalue weighted by atomic mass is 16.5. The van der Waals surface area contributed by atoms with E-state index in [1.165, 1.54) is 0 Å². The van der Waals surface area contributed by atoms with E-state index < -0.39 is 0 Å². The van der Waals surface area contributed by atoms with Crippen LogP contribution in [0.5, 0.6) is 11.5 Å². The molecule has 1 aromatic carbocycles. The summed E-state index contributed by atoms with van der Waals surface area (Å²) in [4.78, 5) is 23.2. The lowest BCUT2D eigenvalue weighted by atomic mass is 10.0. The monoisotopic (exact) mass is 370 g/mol. The van der Waals surface area contributed by atoms with Crippen molar-refractivity contribution in [3.8, 4) is 11.5 Å². The molecule has 2 aromatic rings. The number of nitrogens with zero attached hydrogens (tertiary/aromatic N) is 3. The molecule has 144 valence electrons. The number of hydrogen-bond acceptors (Lipinski definition) is 6. The minimum atomic E-state index is 0.0423. The van der Waals surface area contributed by atoms with Gasteiger partial charge < -0.3 is 19.7 Å². The zero-order chi connectivity index (χ0) is 19.1. The Balaban J connectivity index is 1.53. The average Bonchev–Trinajstić information content (AvgIpc) is 2.73. The summed E-state index contributed by atoms with van der Waals surface area (Å²) in [5, 5.41) is 3.15. The predicted octanol–water partition coefficient (Wildman–Crippen LogP) is 2.21. The Morgan fingerprint density at radius 1 is 1.26 bits per heavy atom. The molecule has 2 heterocycles. The number of anilines is 1. The van der Waals surface area contributed by atoms with Crippen molar-refractivity contribution in [2.75, 3.05) is 32.2 Å². The quantitative estimate of drug-likeness (QED) is 0.805. The smallest absolute Gasteiger partial charge is 0.225 e. The molecule has 3 rings (SSSR count). The summed E-state index contributed by atoms with van der Waals surface area (Å²) in [6.45, 7) is 1.65. The number of piperidine rings is 1. The van der Waals surface area contributed by atoms with Crippen LogP contribution in [0.4, 0.5) is 5.95 Å². The molecule has 27 heavy (non-hydrogen) atoms. The lowest BCUT2D eigenvalue weighted by Gasteiger charge is -2.33. The van der Waals surface area contributed by atoms with Gasteiger partial charge in [0.25, 0.3) is 0 Å². The third-order valence-electron chi connectivity index (χ3n) is 4.73. The molecule has 1 fully saturated rings. The van der Waals surface area contributed by atoms with Crippen LogP contribution < -0.4 is 19.7 Å². The van der Waals surface area contributed by atoms with Gasteiger partial charge in [-0.15, -0.1) is 0 Å². The van der Waals surface area contributed by atoms with E-state index in [1.807, 2.05) is 18.2 Å². The van der Waals surface area contributed by atoms with E-state index in [1.54, 1.807) is 32.7 Å². The number of carbonyl (C=O) groups is 1. The molecule has 0 aliphatic carbocycles. The second-order valence-corrected chi connectivity index (χ2v) is 6.58. The maximum atomic E-state index is 12.4. The number of amides is 1. The van der Waals surface area contributed by atoms with Crippen LogP contribution in [0, 0.1) is 0 Å². The Kier molecular flexibility index (Phi) is 6.46. The molecular formula is C20H26N4O3. The minimum Gasteiger partial charge on any atom is -0.497 e. The first kappa shape index (κ1) is 18.9. The van der Waals surface area contributed by atoms with Gasteiger partial charge in [-0.2, -0.15) is 0 Å². The molecule has 1 N–H and O–H groups in total. The summed E-state index contributed by atoms with van der Waals surface area (Å²) in [6.07, 6.45) is 6.47. The first-order valence-electron chi connectivity index (χ1n) is 9.22. The molecule has 1 atom stereocenters. The molecule has 1 saturated heterocycles. The van der Waals surface area contributed by atoms with E-state index in [0.29, 0.717) is 12.8 Å². The Bertz CT molecular complexity index is 754. The van der Waals surface area contributed by atoms with Crippen molar-refractivity contribution in [3.05, 3.63) is 42.2 Å². The van der Waals surface area contributed by atoms with Crippen LogP contribution in [0.1, 0.15) is 24.8 Å². The highest BCUT2D eigenvalue weighted by Gasteiger charge is 2.23. The van der Waals surface area contributed by atoms with E-state index in [0.717, 1.165) is 48.9 Å².